The van der Waals surface area contributed by atoms with Gasteiger partial charge in [0, 0.05) is 18.8 Å². The van der Waals surface area contributed by atoms with Gasteiger partial charge in [-0.2, -0.15) is 0 Å². The number of hydrogen-bond donors (Lipinski definition) is 1. The van der Waals surface area contributed by atoms with Gasteiger partial charge in [0.05, 0.1) is 11.3 Å². The average Bonchev–Trinajstić information content (AvgIpc) is 2.55. The number of rotatable bonds is 3. The summed E-state index contributed by atoms with van der Waals surface area (Å²) < 4.78 is 0. The summed E-state index contributed by atoms with van der Waals surface area (Å²) >= 11 is 0. The number of imide groups is 1. The van der Waals surface area contributed by atoms with Crippen LogP contribution in [-0.2, 0) is 9.59 Å². The van der Waals surface area contributed by atoms with Crippen LogP contribution < -0.4 is 4.90 Å². The second-order valence-electron chi connectivity index (χ2n) is 5.49. The highest BCUT2D eigenvalue weighted by Gasteiger charge is 2.34. The molecule has 0 unspecified atom stereocenters. The quantitative estimate of drug-likeness (QED) is 0.885. The molecular formula is C18H15NO4. The van der Waals surface area contributed by atoms with Gasteiger partial charge in [0.25, 0.3) is 0 Å². The smallest absolute Gasteiger partial charge is 0.335 e. The average molecular weight is 309 g/mol. The molecule has 2 amide bonds. The number of hydrogen-bond acceptors (Lipinski definition) is 3. The van der Waals surface area contributed by atoms with Crippen molar-refractivity contribution < 1.29 is 19.5 Å². The Labute approximate surface area is 133 Å². The molecule has 0 aromatic heterocycles. The van der Waals surface area contributed by atoms with Crippen molar-refractivity contribution in [2.24, 2.45) is 0 Å². The molecule has 0 radical (unpaired) electrons. The van der Waals surface area contributed by atoms with E-state index in [-0.39, 0.29) is 36.1 Å². The lowest BCUT2D eigenvalue weighted by molar-refractivity contribution is -0.129. The van der Waals surface area contributed by atoms with Crippen LogP contribution in [0.5, 0.6) is 0 Å². The molecule has 1 N–H and O–H groups in total. The first-order valence-electron chi connectivity index (χ1n) is 7.30. The number of anilines is 1. The molecule has 0 spiro atoms. The molecule has 0 bridgehead atoms. The highest BCUT2D eigenvalue weighted by atomic mass is 16.4. The molecule has 0 aliphatic carbocycles. The van der Waals surface area contributed by atoms with Crippen molar-refractivity contribution in [3.05, 3.63) is 65.7 Å². The van der Waals surface area contributed by atoms with Gasteiger partial charge in [-0.1, -0.05) is 36.4 Å². The van der Waals surface area contributed by atoms with E-state index in [0.717, 1.165) is 10.5 Å². The minimum Gasteiger partial charge on any atom is -0.478 e. The molecule has 5 heteroatoms. The second kappa shape index (κ2) is 6.04. The Hall–Kier alpha value is -2.95. The summed E-state index contributed by atoms with van der Waals surface area (Å²) in [5, 5.41) is 9.04. The van der Waals surface area contributed by atoms with Gasteiger partial charge in [-0.3, -0.25) is 14.5 Å². The summed E-state index contributed by atoms with van der Waals surface area (Å²) in [6.07, 6.45) is 0.458. The Kier molecular flexibility index (Phi) is 3.93. The van der Waals surface area contributed by atoms with Crippen molar-refractivity contribution in [2.75, 3.05) is 4.90 Å². The number of carboxylic acids is 1. The molecule has 0 atom stereocenters. The maximum absolute atomic E-state index is 12.4. The van der Waals surface area contributed by atoms with E-state index >= 15 is 0 Å². The predicted octanol–water partition coefficient (Wildman–Crippen LogP) is 2.82. The van der Waals surface area contributed by atoms with Crippen LogP contribution in [0.3, 0.4) is 0 Å². The SMILES string of the molecule is O=C(O)c1cccc(N2C(=O)CC(c3ccccc3)CC2=O)c1. The number of amides is 2. The fourth-order valence-corrected chi connectivity index (χ4v) is 2.84. The predicted molar refractivity (Wildman–Crippen MR) is 84.3 cm³/mol. The number of nitrogens with zero attached hydrogens (tertiary/aromatic N) is 1. The summed E-state index contributed by atoms with van der Waals surface area (Å²) in [5.41, 5.74) is 1.33. The minimum atomic E-state index is -1.09. The molecule has 5 nitrogen and oxygen atoms in total. The number of aromatic carboxylic acids is 1. The third-order valence-electron chi connectivity index (χ3n) is 3.96. The van der Waals surface area contributed by atoms with E-state index < -0.39 is 5.97 Å². The third kappa shape index (κ3) is 2.99. The van der Waals surface area contributed by atoms with Gasteiger partial charge in [-0.05, 0) is 23.8 Å². The van der Waals surface area contributed by atoms with E-state index in [1.165, 1.54) is 18.2 Å². The van der Waals surface area contributed by atoms with E-state index in [9.17, 15) is 14.4 Å². The summed E-state index contributed by atoms with van der Waals surface area (Å²) in [5.74, 6) is -1.84. The molecule has 1 aliphatic rings. The lowest BCUT2D eigenvalue weighted by Crippen LogP contribution is -2.42. The molecule has 116 valence electrons. The monoisotopic (exact) mass is 309 g/mol. The number of carboxylic acid groups (broad SMARTS) is 1. The normalized spacial score (nSPS) is 15.7. The first-order valence-corrected chi connectivity index (χ1v) is 7.30. The maximum Gasteiger partial charge on any atom is 0.335 e. The van der Waals surface area contributed by atoms with E-state index in [2.05, 4.69) is 0 Å². The number of carbonyl (C=O) groups is 3. The molecule has 1 aliphatic heterocycles. The van der Waals surface area contributed by atoms with Crippen LogP contribution >= 0.6 is 0 Å². The zero-order valence-corrected chi connectivity index (χ0v) is 12.3. The fourth-order valence-electron chi connectivity index (χ4n) is 2.84. The summed E-state index contributed by atoms with van der Waals surface area (Å²) in [6.45, 7) is 0. The Morgan fingerprint density at radius 2 is 1.61 bits per heavy atom. The molecular weight excluding hydrogens is 294 g/mol. The highest BCUT2D eigenvalue weighted by Crippen LogP contribution is 2.32. The Morgan fingerprint density at radius 3 is 2.22 bits per heavy atom. The van der Waals surface area contributed by atoms with E-state index in [4.69, 9.17) is 5.11 Å². The van der Waals surface area contributed by atoms with E-state index in [1.54, 1.807) is 6.07 Å². The van der Waals surface area contributed by atoms with Crippen LogP contribution in [0.15, 0.2) is 54.6 Å². The minimum absolute atomic E-state index is 0.0493. The van der Waals surface area contributed by atoms with Crippen LogP contribution in [0.25, 0.3) is 0 Å². The zero-order chi connectivity index (χ0) is 16.4. The van der Waals surface area contributed by atoms with Crippen molar-refractivity contribution in [3.63, 3.8) is 0 Å². The molecule has 2 aromatic carbocycles. The van der Waals surface area contributed by atoms with Crippen LogP contribution in [0.4, 0.5) is 5.69 Å². The van der Waals surface area contributed by atoms with Crippen LogP contribution in [0.1, 0.15) is 34.7 Å². The topological polar surface area (TPSA) is 74.7 Å². The number of piperidine rings is 1. The van der Waals surface area contributed by atoms with Crippen molar-refractivity contribution in [3.8, 4) is 0 Å². The van der Waals surface area contributed by atoms with Crippen LogP contribution in [0.2, 0.25) is 0 Å². The Bertz CT molecular complexity index is 752. The van der Waals surface area contributed by atoms with Gasteiger partial charge < -0.3 is 5.11 Å². The van der Waals surface area contributed by atoms with Crippen molar-refractivity contribution in [1.82, 2.24) is 0 Å². The number of carbonyl (C=O) groups excluding carboxylic acids is 2. The molecule has 1 saturated heterocycles. The van der Waals surface area contributed by atoms with Gasteiger partial charge in [0.15, 0.2) is 0 Å². The van der Waals surface area contributed by atoms with Gasteiger partial charge in [0.1, 0.15) is 0 Å². The first-order chi connectivity index (χ1) is 11.1. The second-order valence-corrected chi connectivity index (χ2v) is 5.49. The van der Waals surface area contributed by atoms with Gasteiger partial charge in [0.2, 0.25) is 11.8 Å². The zero-order valence-electron chi connectivity index (χ0n) is 12.3. The highest BCUT2D eigenvalue weighted by molar-refractivity contribution is 6.17. The summed E-state index contributed by atoms with van der Waals surface area (Å²) in [4.78, 5) is 37.0. The Balaban J connectivity index is 1.86. The maximum atomic E-state index is 12.4. The van der Waals surface area contributed by atoms with Crippen LogP contribution in [0, 0.1) is 0 Å². The van der Waals surface area contributed by atoms with Crippen molar-refractivity contribution >= 4 is 23.5 Å². The lowest BCUT2D eigenvalue weighted by Gasteiger charge is -2.30. The molecule has 0 saturated carbocycles. The third-order valence-corrected chi connectivity index (χ3v) is 3.96. The van der Waals surface area contributed by atoms with E-state index in [1.807, 2.05) is 30.3 Å². The molecule has 2 aromatic rings. The van der Waals surface area contributed by atoms with E-state index in [0.29, 0.717) is 5.69 Å². The number of benzene rings is 2. The van der Waals surface area contributed by atoms with Crippen molar-refractivity contribution in [1.29, 1.82) is 0 Å². The summed E-state index contributed by atoms with van der Waals surface area (Å²) in [7, 11) is 0. The van der Waals surface area contributed by atoms with Crippen molar-refractivity contribution in [2.45, 2.75) is 18.8 Å². The first kappa shape index (κ1) is 15.0. The summed E-state index contributed by atoms with van der Waals surface area (Å²) in [6, 6.07) is 15.4. The Morgan fingerprint density at radius 1 is 0.957 bits per heavy atom. The van der Waals surface area contributed by atoms with Gasteiger partial charge in [-0.15, -0.1) is 0 Å². The van der Waals surface area contributed by atoms with Crippen LogP contribution in [-0.4, -0.2) is 22.9 Å². The molecule has 1 heterocycles. The lowest BCUT2D eigenvalue weighted by atomic mass is 9.88. The molecule has 3 rings (SSSR count). The van der Waals surface area contributed by atoms with Gasteiger partial charge in [-0.25, -0.2) is 4.79 Å². The molecule has 1 fully saturated rings. The van der Waals surface area contributed by atoms with Gasteiger partial charge >= 0.3 is 5.97 Å². The fraction of sp³-hybridized carbons (Fsp3) is 0.167. The molecule has 23 heavy (non-hydrogen) atoms. The largest absolute Gasteiger partial charge is 0.478 e. The standard InChI is InChI=1S/C18H15NO4/c20-16-10-14(12-5-2-1-3-6-12)11-17(21)19(16)15-8-4-7-13(9-15)18(22)23/h1-9,14H,10-11H2,(H,22,23).